The highest BCUT2D eigenvalue weighted by molar-refractivity contribution is 5.90. The van der Waals surface area contributed by atoms with Crippen molar-refractivity contribution in [2.75, 3.05) is 18.5 Å². The summed E-state index contributed by atoms with van der Waals surface area (Å²) in [6, 6.07) is 16.3. The second-order valence-electron chi connectivity index (χ2n) is 7.05. The first-order valence-electron chi connectivity index (χ1n) is 10.4. The molecule has 0 spiro atoms. The Morgan fingerprint density at radius 1 is 0.938 bits per heavy atom. The summed E-state index contributed by atoms with van der Waals surface area (Å²) in [6.45, 7) is 4.91. The zero-order valence-electron chi connectivity index (χ0n) is 17.9. The molecule has 32 heavy (non-hydrogen) atoms. The van der Waals surface area contributed by atoms with Crippen LogP contribution in [-0.4, -0.2) is 33.3 Å². The molecule has 2 heterocycles. The molecule has 8 heteroatoms. The van der Waals surface area contributed by atoms with Gasteiger partial charge in [-0.05, 0) is 68.4 Å². The summed E-state index contributed by atoms with van der Waals surface area (Å²) >= 11 is 0. The fraction of sp³-hybridized carbons (Fsp3) is 0.208. The van der Waals surface area contributed by atoms with E-state index < -0.39 is 0 Å². The SMILES string of the molecule is CCOc1ccc(NC(=O)Cn2ccn3nc(-c4ccc(OCC)cc4)cc3c2=O)cc1. The van der Waals surface area contributed by atoms with Crippen molar-refractivity contribution >= 4 is 17.1 Å². The predicted octanol–water partition coefficient (Wildman–Crippen LogP) is 3.60. The quantitative estimate of drug-likeness (QED) is 0.460. The summed E-state index contributed by atoms with van der Waals surface area (Å²) in [5.41, 5.74) is 2.28. The molecule has 0 atom stereocenters. The maximum absolute atomic E-state index is 12.9. The minimum Gasteiger partial charge on any atom is -0.494 e. The van der Waals surface area contributed by atoms with Gasteiger partial charge in [0.15, 0.2) is 0 Å². The summed E-state index contributed by atoms with van der Waals surface area (Å²) < 4.78 is 13.7. The zero-order chi connectivity index (χ0) is 22.5. The van der Waals surface area contributed by atoms with E-state index in [2.05, 4.69) is 10.4 Å². The van der Waals surface area contributed by atoms with Crippen molar-refractivity contribution in [2.24, 2.45) is 0 Å². The highest BCUT2D eigenvalue weighted by Gasteiger charge is 2.12. The summed E-state index contributed by atoms with van der Waals surface area (Å²) in [5, 5.41) is 7.27. The second-order valence-corrected chi connectivity index (χ2v) is 7.05. The Hall–Kier alpha value is -4.07. The lowest BCUT2D eigenvalue weighted by Crippen LogP contribution is -2.28. The number of nitrogens with zero attached hydrogens (tertiary/aromatic N) is 3. The van der Waals surface area contributed by atoms with Crippen LogP contribution in [0, 0.1) is 0 Å². The fourth-order valence-electron chi connectivity index (χ4n) is 3.34. The van der Waals surface area contributed by atoms with Gasteiger partial charge < -0.3 is 19.4 Å². The Labute approximate surface area is 185 Å². The molecule has 0 radical (unpaired) electrons. The number of benzene rings is 2. The Morgan fingerprint density at radius 3 is 2.19 bits per heavy atom. The maximum Gasteiger partial charge on any atom is 0.277 e. The van der Waals surface area contributed by atoms with Crippen molar-refractivity contribution in [3.8, 4) is 22.8 Å². The first-order valence-corrected chi connectivity index (χ1v) is 10.4. The van der Waals surface area contributed by atoms with Gasteiger partial charge in [0.05, 0.1) is 18.9 Å². The van der Waals surface area contributed by atoms with Crippen molar-refractivity contribution < 1.29 is 14.3 Å². The van der Waals surface area contributed by atoms with Crippen LogP contribution in [0.3, 0.4) is 0 Å². The Kier molecular flexibility index (Phi) is 6.21. The van der Waals surface area contributed by atoms with Gasteiger partial charge in [-0.3, -0.25) is 9.59 Å². The van der Waals surface area contributed by atoms with E-state index in [1.807, 2.05) is 38.1 Å². The van der Waals surface area contributed by atoms with Crippen LogP contribution >= 0.6 is 0 Å². The molecule has 4 aromatic rings. The topological polar surface area (TPSA) is 86.9 Å². The lowest BCUT2D eigenvalue weighted by Gasteiger charge is -2.08. The third-order valence-electron chi connectivity index (χ3n) is 4.83. The monoisotopic (exact) mass is 432 g/mol. The molecule has 1 amide bonds. The molecule has 0 unspecified atom stereocenters. The molecule has 8 nitrogen and oxygen atoms in total. The fourth-order valence-corrected chi connectivity index (χ4v) is 3.34. The van der Waals surface area contributed by atoms with Crippen LogP contribution in [0.2, 0.25) is 0 Å². The Balaban J connectivity index is 1.50. The number of anilines is 1. The second kappa shape index (κ2) is 9.38. The third-order valence-corrected chi connectivity index (χ3v) is 4.83. The molecular weight excluding hydrogens is 408 g/mol. The van der Waals surface area contributed by atoms with Gasteiger partial charge in [-0.25, -0.2) is 4.52 Å². The third kappa shape index (κ3) is 4.64. The molecule has 0 saturated heterocycles. The van der Waals surface area contributed by atoms with Crippen LogP contribution in [0.5, 0.6) is 11.5 Å². The van der Waals surface area contributed by atoms with Crippen molar-refractivity contribution in [3.63, 3.8) is 0 Å². The number of carbonyl (C=O) groups excluding carboxylic acids is 1. The summed E-state index contributed by atoms with van der Waals surface area (Å²) in [5.74, 6) is 1.21. The van der Waals surface area contributed by atoms with Crippen LogP contribution in [0.1, 0.15) is 13.8 Å². The Bertz CT molecular complexity index is 1270. The number of aromatic nitrogens is 3. The van der Waals surface area contributed by atoms with E-state index in [0.717, 1.165) is 17.1 Å². The number of amides is 1. The van der Waals surface area contributed by atoms with Gasteiger partial charge in [0.1, 0.15) is 23.6 Å². The van der Waals surface area contributed by atoms with Crippen molar-refractivity contribution in [2.45, 2.75) is 20.4 Å². The van der Waals surface area contributed by atoms with Gasteiger partial charge >= 0.3 is 0 Å². The lowest BCUT2D eigenvalue weighted by atomic mass is 10.1. The normalized spacial score (nSPS) is 10.8. The van der Waals surface area contributed by atoms with E-state index >= 15 is 0 Å². The van der Waals surface area contributed by atoms with Crippen molar-refractivity contribution in [1.82, 2.24) is 14.2 Å². The van der Waals surface area contributed by atoms with E-state index in [0.29, 0.717) is 30.1 Å². The van der Waals surface area contributed by atoms with Gasteiger partial charge in [0, 0.05) is 23.6 Å². The van der Waals surface area contributed by atoms with E-state index in [1.54, 1.807) is 42.7 Å². The average Bonchev–Trinajstić information content (AvgIpc) is 3.23. The predicted molar refractivity (Wildman–Crippen MR) is 122 cm³/mol. The molecule has 2 aromatic heterocycles. The number of nitrogens with one attached hydrogen (secondary N) is 1. The number of carbonyl (C=O) groups is 1. The van der Waals surface area contributed by atoms with E-state index in [9.17, 15) is 9.59 Å². The summed E-state index contributed by atoms with van der Waals surface area (Å²) in [7, 11) is 0. The molecule has 1 N–H and O–H groups in total. The lowest BCUT2D eigenvalue weighted by molar-refractivity contribution is -0.116. The first kappa shape index (κ1) is 21.2. The number of hydrogen-bond acceptors (Lipinski definition) is 5. The van der Waals surface area contributed by atoms with Gasteiger partial charge in [-0.15, -0.1) is 0 Å². The van der Waals surface area contributed by atoms with Crippen LogP contribution in [0.4, 0.5) is 5.69 Å². The zero-order valence-corrected chi connectivity index (χ0v) is 17.9. The molecule has 4 rings (SSSR count). The standard InChI is InChI=1S/C24H24N4O4/c1-3-31-19-9-5-17(6-10-19)21-15-22-24(30)27(13-14-28(22)26-21)16-23(29)25-18-7-11-20(12-8-18)32-4-2/h5-15H,3-4,16H2,1-2H3,(H,25,29). The van der Waals surface area contributed by atoms with E-state index in [-0.39, 0.29) is 18.0 Å². The molecular formula is C24H24N4O4. The molecule has 164 valence electrons. The highest BCUT2D eigenvalue weighted by Crippen LogP contribution is 2.22. The van der Waals surface area contributed by atoms with Crippen LogP contribution in [0.15, 0.2) is 71.8 Å². The van der Waals surface area contributed by atoms with Crippen molar-refractivity contribution in [1.29, 1.82) is 0 Å². The summed E-state index contributed by atoms with van der Waals surface area (Å²) in [4.78, 5) is 25.4. The molecule has 0 aliphatic rings. The minimum atomic E-state index is -0.299. The molecule has 0 bridgehead atoms. The van der Waals surface area contributed by atoms with Crippen molar-refractivity contribution in [3.05, 3.63) is 77.3 Å². The number of ether oxygens (including phenoxy) is 2. The van der Waals surface area contributed by atoms with Crippen LogP contribution < -0.4 is 20.3 Å². The minimum absolute atomic E-state index is 0.105. The van der Waals surface area contributed by atoms with Gasteiger partial charge in [0.25, 0.3) is 5.56 Å². The van der Waals surface area contributed by atoms with E-state index in [4.69, 9.17) is 9.47 Å². The largest absolute Gasteiger partial charge is 0.494 e. The number of hydrogen-bond donors (Lipinski definition) is 1. The number of rotatable bonds is 8. The molecule has 0 saturated carbocycles. The summed E-state index contributed by atoms with van der Waals surface area (Å²) in [6.07, 6.45) is 3.22. The number of fused-ring (bicyclic) bond motifs is 1. The van der Waals surface area contributed by atoms with Gasteiger partial charge in [0.2, 0.25) is 5.91 Å². The highest BCUT2D eigenvalue weighted by atomic mass is 16.5. The van der Waals surface area contributed by atoms with Crippen LogP contribution in [-0.2, 0) is 11.3 Å². The van der Waals surface area contributed by atoms with E-state index in [1.165, 1.54) is 9.08 Å². The molecule has 0 aliphatic heterocycles. The average molecular weight is 432 g/mol. The Morgan fingerprint density at radius 2 is 1.56 bits per heavy atom. The molecule has 2 aromatic carbocycles. The first-order chi connectivity index (χ1) is 15.6. The van der Waals surface area contributed by atoms with Crippen LogP contribution in [0.25, 0.3) is 16.8 Å². The molecule has 0 fully saturated rings. The van der Waals surface area contributed by atoms with Gasteiger partial charge in [-0.1, -0.05) is 0 Å². The van der Waals surface area contributed by atoms with Gasteiger partial charge in [-0.2, -0.15) is 5.10 Å². The maximum atomic E-state index is 12.9. The molecule has 0 aliphatic carbocycles. The smallest absolute Gasteiger partial charge is 0.277 e.